The largest absolute Gasteiger partial charge is 0.357 e. The number of aliphatic imine (C=N–C) groups is 1. The molecule has 3 heterocycles. The van der Waals surface area contributed by atoms with E-state index < -0.39 is 0 Å². The van der Waals surface area contributed by atoms with Gasteiger partial charge >= 0.3 is 0 Å². The van der Waals surface area contributed by atoms with Gasteiger partial charge in [-0.2, -0.15) is 4.37 Å². The second-order valence-electron chi connectivity index (χ2n) is 5.86. The molecule has 1 fully saturated rings. The fraction of sp³-hybridized carbons (Fsp3) is 0.625. The first-order valence-electron chi connectivity index (χ1n) is 8.71. The number of hydrogen-bond donors (Lipinski definition) is 1. The number of nitrogens with one attached hydrogen (secondary N) is 1. The number of piperazine rings is 1. The molecule has 0 aromatic carbocycles. The van der Waals surface area contributed by atoms with Crippen molar-refractivity contribution in [2.24, 2.45) is 4.99 Å². The molecule has 0 atom stereocenters. The lowest BCUT2D eigenvalue weighted by Gasteiger charge is -2.36. The molecule has 144 valence electrons. The third kappa shape index (κ3) is 5.49. The number of aryl methyl sites for hydroxylation is 2. The zero-order chi connectivity index (χ0) is 17.6. The minimum absolute atomic E-state index is 0. The lowest BCUT2D eigenvalue weighted by Crippen LogP contribution is -2.52. The molecule has 1 N–H and O–H groups in total. The Kier molecular flexibility index (Phi) is 8.48. The molecule has 1 aliphatic heterocycles. The number of nitrogens with zero attached hydrogens (tertiary/aromatic N) is 6. The minimum Gasteiger partial charge on any atom is -0.357 e. The van der Waals surface area contributed by atoms with Crippen LogP contribution in [0.3, 0.4) is 0 Å². The average Bonchev–Trinajstić information content (AvgIpc) is 3.27. The van der Waals surface area contributed by atoms with Crippen LogP contribution in [0.4, 0.5) is 5.13 Å². The number of rotatable bonds is 5. The van der Waals surface area contributed by atoms with Gasteiger partial charge in [0.25, 0.3) is 0 Å². The van der Waals surface area contributed by atoms with Gasteiger partial charge in [0.2, 0.25) is 5.13 Å². The number of anilines is 1. The first-order valence-corrected chi connectivity index (χ1v) is 10.3. The number of halogens is 1. The monoisotopic (exact) mass is 507 g/mol. The summed E-state index contributed by atoms with van der Waals surface area (Å²) in [5.41, 5.74) is 0. The Bertz CT molecular complexity index is 707. The van der Waals surface area contributed by atoms with E-state index in [1.54, 1.807) is 11.3 Å². The molecule has 1 aliphatic rings. The van der Waals surface area contributed by atoms with Crippen LogP contribution >= 0.6 is 46.8 Å². The van der Waals surface area contributed by atoms with Crippen LogP contribution in [0.15, 0.2) is 11.2 Å². The predicted molar refractivity (Wildman–Crippen MR) is 120 cm³/mol. The molecule has 0 saturated carbocycles. The van der Waals surface area contributed by atoms with E-state index >= 15 is 0 Å². The van der Waals surface area contributed by atoms with Crippen molar-refractivity contribution in [2.75, 3.05) is 37.6 Å². The van der Waals surface area contributed by atoms with Crippen molar-refractivity contribution in [1.29, 1.82) is 0 Å². The quantitative estimate of drug-likeness (QED) is 0.382. The summed E-state index contributed by atoms with van der Waals surface area (Å²) in [5.74, 6) is 1.91. The highest BCUT2D eigenvalue weighted by Crippen LogP contribution is 2.19. The summed E-state index contributed by atoms with van der Waals surface area (Å²) in [5, 5.41) is 5.51. The number of hydrogen-bond acceptors (Lipinski definition) is 7. The van der Waals surface area contributed by atoms with Crippen molar-refractivity contribution < 1.29 is 0 Å². The Balaban J connectivity index is 0.00000243. The molecular weight excluding hydrogens is 481 g/mol. The Hall–Kier alpha value is -1.01. The maximum atomic E-state index is 4.77. The van der Waals surface area contributed by atoms with Gasteiger partial charge in [0.15, 0.2) is 5.96 Å². The van der Waals surface area contributed by atoms with E-state index in [9.17, 15) is 0 Å². The van der Waals surface area contributed by atoms with Crippen molar-refractivity contribution in [2.45, 2.75) is 33.7 Å². The highest BCUT2D eigenvalue weighted by molar-refractivity contribution is 14.0. The van der Waals surface area contributed by atoms with E-state index in [0.29, 0.717) is 6.54 Å². The van der Waals surface area contributed by atoms with E-state index in [1.165, 1.54) is 16.4 Å². The van der Waals surface area contributed by atoms with E-state index in [2.05, 4.69) is 50.2 Å². The second kappa shape index (κ2) is 10.4. The van der Waals surface area contributed by atoms with E-state index in [-0.39, 0.29) is 24.0 Å². The molecule has 0 bridgehead atoms. The first kappa shape index (κ1) is 21.3. The fourth-order valence-corrected chi connectivity index (χ4v) is 4.18. The van der Waals surface area contributed by atoms with Crippen molar-refractivity contribution >= 4 is 57.9 Å². The van der Waals surface area contributed by atoms with Crippen LogP contribution in [0, 0.1) is 6.92 Å². The summed E-state index contributed by atoms with van der Waals surface area (Å²) in [6, 6.07) is 0. The van der Waals surface area contributed by atoms with Gasteiger partial charge in [0.1, 0.15) is 10.8 Å². The van der Waals surface area contributed by atoms with Gasteiger partial charge in [-0.15, -0.1) is 35.3 Å². The summed E-state index contributed by atoms with van der Waals surface area (Å²) < 4.78 is 4.39. The molecule has 0 aliphatic carbocycles. The summed E-state index contributed by atoms with van der Waals surface area (Å²) >= 11 is 3.21. The molecule has 0 unspecified atom stereocenters. The predicted octanol–water partition coefficient (Wildman–Crippen LogP) is 2.77. The van der Waals surface area contributed by atoms with Gasteiger partial charge in [-0.05, 0) is 13.8 Å². The first-order chi connectivity index (χ1) is 12.2. The van der Waals surface area contributed by atoms with Gasteiger partial charge < -0.3 is 15.1 Å². The van der Waals surface area contributed by atoms with Crippen molar-refractivity contribution in [3.05, 3.63) is 21.9 Å². The average molecular weight is 507 g/mol. The molecule has 0 radical (unpaired) electrons. The Morgan fingerprint density at radius 3 is 2.62 bits per heavy atom. The van der Waals surface area contributed by atoms with Crippen LogP contribution in [0.1, 0.15) is 29.6 Å². The molecule has 0 amide bonds. The zero-order valence-corrected chi connectivity index (χ0v) is 19.4. The van der Waals surface area contributed by atoms with Gasteiger partial charge in [-0.1, -0.05) is 6.92 Å². The SMILES string of the molecule is CCNC(=NCc1ncc(C)s1)N1CCN(c2nc(CC)ns2)CC1.I. The maximum absolute atomic E-state index is 4.77. The lowest BCUT2D eigenvalue weighted by molar-refractivity contribution is 0.372. The minimum atomic E-state index is 0. The third-order valence-corrected chi connectivity index (χ3v) is 5.70. The molecule has 3 rings (SSSR count). The van der Waals surface area contributed by atoms with E-state index in [1.807, 2.05) is 6.20 Å². The fourth-order valence-electron chi connectivity index (χ4n) is 2.67. The number of guanidine groups is 1. The Morgan fingerprint density at radius 1 is 1.27 bits per heavy atom. The van der Waals surface area contributed by atoms with Gasteiger partial charge in [0, 0.05) is 61.8 Å². The molecule has 10 heteroatoms. The Morgan fingerprint density at radius 2 is 2.04 bits per heavy atom. The molecular formula is C16H26IN7S2. The van der Waals surface area contributed by atoms with Crippen LogP contribution in [0.2, 0.25) is 0 Å². The van der Waals surface area contributed by atoms with E-state index in [0.717, 1.165) is 61.1 Å². The Labute approximate surface area is 180 Å². The summed E-state index contributed by atoms with van der Waals surface area (Å²) in [6.45, 7) is 11.5. The highest BCUT2D eigenvalue weighted by Gasteiger charge is 2.22. The van der Waals surface area contributed by atoms with E-state index in [4.69, 9.17) is 4.99 Å². The number of aromatic nitrogens is 3. The van der Waals surface area contributed by atoms with Crippen molar-refractivity contribution in [3.63, 3.8) is 0 Å². The molecule has 2 aromatic rings. The molecule has 7 nitrogen and oxygen atoms in total. The summed E-state index contributed by atoms with van der Waals surface area (Å²) in [6.07, 6.45) is 2.80. The zero-order valence-electron chi connectivity index (χ0n) is 15.4. The van der Waals surface area contributed by atoms with Crippen LogP contribution in [-0.2, 0) is 13.0 Å². The summed E-state index contributed by atoms with van der Waals surface area (Å²) in [7, 11) is 0. The van der Waals surface area contributed by atoms with Crippen LogP contribution in [0.25, 0.3) is 0 Å². The maximum Gasteiger partial charge on any atom is 0.205 e. The normalized spacial score (nSPS) is 15.1. The smallest absolute Gasteiger partial charge is 0.205 e. The highest BCUT2D eigenvalue weighted by atomic mass is 127. The molecule has 1 saturated heterocycles. The molecule has 0 spiro atoms. The van der Waals surface area contributed by atoms with Crippen molar-refractivity contribution in [1.82, 2.24) is 24.6 Å². The van der Waals surface area contributed by atoms with Crippen LogP contribution < -0.4 is 10.2 Å². The topological polar surface area (TPSA) is 69.5 Å². The molecule has 26 heavy (non-hydrogen) atoms. The van der Waals surface area contributed by atoms with Crippen molar-refractivity contribution in [3.8, 4) is 0 Å². The lowest BCUT2D eigenvalue weighted by atomic mass is 10.3. The third-order valence-electron chi connectivity index (χ3n) is 3.99. The van der Waals surface area contributed by atoms with Crippen LogP contribution in [-0.4, -0.2) is 57.9 Å². The van der Waals surface area contributed by atoms with Gasteiger partial charge in [-0.25, -0.2) is 15.0 Å². The number of thiazole rings is 1. The molecule has 2 aromatic heterocycles. The van der Waals surface area contributed by atoms with Gasteiger partial charge in [0.05, 0.1) is 6.54 Å². The second-order valence-corrected chi connectivity index (χ2v) is 7.91. The standard InChI is InChI=1S/C16H25N7S2.HI/c1-4-13-20-16(25-21-13)23-8-6-22(7-9-23)15(17-5-2)19-11-14-18-10-12(3)24-14;/h10H,4-9,11H2,1-3H3,(H,17,19);1H. The van der Waals surface area contributed by atoms with Crippen LogP contribution in [0.5, 0.6) is 0 Å². The summed E-state index contributed by atoms with van der Waals surface area (Å²) in [4.78, 5) is 19.6. The van der Waals surface area contributed by atoms with Gasteiger partial charge in [-0.3, -0.25) is 0 Å².